The lowest BCUT2D eigenvalue weighted by atomic mass is 10.0. The standard InChI is InChI=1S/C17H22N6O/c1-3-18-15-8-12-10-23(7-6-14(12)20-21-15)17(24)13-9-19-22(2)16(13)11-4-5-11/h8-9,11H,3-7,10H2,1-2H3,(H,18,21). The molecule has 0 saturated heterocycles. The van der Waals surface area contributed by atoms with Crippen LogP contribution in [-0.4, -0.2) is 43.9 Å². The number of nitrogens with one attached hydrogen (secondary N) is 1. The largest absolute Gasteiger partial charge is 0.369 e. The first-order valence-electron chi connectivity index (χ1n) is 8.58. The molecule has 4 rings (SSSR count). The van der Waals surface area contributed by atoms with Crippen LogP contribution in [-0.2, 0) is 20.0 Å². The minimum absolute atomic E-state index is 0.0810. The minimum atomic E-state index is 0.0810. The third kappa shape index (κ3) is 2.64. The van der Waals surface area contributed by atoms with Crippen molar-refractivity contribution < 1.29 is 4.79 Å². The fourth-order valence-electron chi connectivity index (χ4n) is 3.39. The Kier molecular flexibility index (Phi) is 3.70. The van der Waals surface area contributed by atoms with E-state index in [-0.39, 0.29) is 5.91 Å². The maximum atomic E-state index is 13.0. The molecule has 7 nitrogen and oxygen atoms in total. The van der Waals surface area contributed by atoms with Crippen molar-refractivity contribution >= 4 is 11.7 Å². The molecule has 0 atom stereocenters. The van der Waals surface area contributed by atoms with Crippen LogP contribution in [0.4, 0.5) is 5.82 Å². The van der Waals surface area contributed by atoms with Crippen LogP contribution in [0.25, 0.3) is 0 Å². The molecule has 1 aliphatic carbocycles. The summed E-state index contributed by atoms with van der Waals surface area (Å²) in [7, 11) is 1.92. The molecule has 1 fully saturated rings. The zero-order valence-corrected chi connectivity index (χ0v) is 14.1. The first kappa shape index (κ1) is 15.1. The fraction of sp³-hybridized carbons (Fsp3) is 0.529. The lowest BCUT2D eigenvalue weighted by molar-refractivity contribution is 0.0732. The van der Waals surface area contributed by atoms with Gasteiger partial charge < -0.3 is 10.2 Å². The molecular formula is C17H22N6O. The Balaban J connectivity index is 1.58. The predicted molar refractivity (Wildman–Crippen MR) is 89.8 cm³/mol. The molecule has 2 aliphatic rings. The molecule has 24 heavy (non-hydrogen) atoms. The van der Waals surface area contributed by atoms with Gasteiger partial charge in [0.25, 0.3) is 5.91 Å². The number of hydrogen-bond donors (Lipinski definition) is 1. The van der Waals surface area contributed by atoms with Crippen LogP contribution in [0.2, 0.25) is 0 Å². The monoisotopic (exact) mass is 326 g/mol. The van der Waals surface area contributed by atoms with Gasteiger partial charge in [-0.3, -0.25) is 9.48 Å². The third-order valence-electron chi connectivity index (χ3n) is 4.76. The summed E-state index contributed by atoms with van der Waals surface area (Å²) in [5.41, 5.74) is 3.93. The second kappa shape index (κ2) is 5.89. The molecule has 1 N–H and O–H groups in total. The average Bonchev–Trinajstić information content (AvgIpc) is 3.36. The maximum absolute atomic E-state index is 13.0. The molecule has 0 bridgehead atoms. The molecule has 3 heterocycles. The molecule has 1 saturated carbocycles. The smallest absolute Gasteiger partial charge is 0.257 e. The molecule has 0 spiro atoms. The maximum Gasteiger partial charge on any atom is 0.257 e. The van der Waals surface area contributed by atoms with Crippen molar-refractivity contribution in [3.05, 3.63) is 34.8 Å². The van der Waals surface area contributed by atoms with Gasteiger partial charge in [0, 0.05) is 39.0 Å². The summed E-state index contributed by atoms with van der Waals surface area (Å²) in [4.78, 5) is 14.9. The first-order valence-corrected chi connectivity index (χ1v) is 8.58. The van der Waals surface area contributed by atoms with Gasteiger partial charge in [0.05, 0.1) is 23.1 Å². The molecule has 0 radical (unpaired) electrons. The number of anilines is 1. The van der Waals surface area contributed by atoms with Crippen molar-refractivity contribution in [2.45, 2.75) is 38.6 Å². The van der Waals surface area contributed by atoms with Crippen molar-refractivity contribution in [2.24, 2.45) is 7.05 Å². The van der Waals surface area contributed by atoms with Crippen molar-refractivity contribution in [2.75, 3.05) is 18.4 Å². The van der Waals surface area contributed by atoms with Crippen LogP contribution < -0.4 is 5.32 Å². The van der Waals surface area contributed by atoms with E-state index in [1.54, 1.807) is 6.20 Å². The first-order chi connectivity index (χ1) is 11.7. The van der Waals surface area contributed by atoms with Gasteiger partial charge in [-0.05, 0) is 31.4 Å². The molecule has 126 valence electrons. The number of hydrogen-bond acceptors (Lipinski definition) is 5. The third-order valence-corrected chi connectivity index (χ3v) is 4.76. The van der Waals surface area contributed by atoms with Gasteiger partial charge >= 0.3 is 0 Å². The number of amides is 1. The number of carbonyl (C=O) groups excluding carboxylic acids is 1. The zero-order chi connectivity index (χ0) is 16.7. The van der Waals surface area contributed by atoms with Crippen LogP contribution in [0.1, 0.15) is 53.0 Å². The Hall–Kier alpha value is -2.44. The van der Waals surface area contributed by atoms with Crippen molar-refractivity contribution in [1.82, 2.24) is 24.9 Å². The Bertz CT molecular complexity index is 779. The minimum Gasteiger partial charge on any atom is -0.369 e. The van der Waals surface area contributed by atoms with Gasteiger partial charge in [-0.2, -0.15) is 10.2 Å². The summed E-state index contributed by atoms with van der Waals surface area (Å²) < 4.78 is 1.86. The number of fused-ring (bicyclic) bond motifs is 1. The molecule has 7 heteroatoms. The van der Waals surface area contributed by atoms with E-state index in [9.17, 15) is 4.79 Å². The summed E-state index contributed by atoms with van der Waals surface area (Å²) in [5, 5.41) is 16.0. The summed E-state index contributed by atoms with van der Waals surface area (Å²) in [6.07, 6.45) is 4.79. The Labute approximate surface area is 141 Å². The van der Waals surface area contributed by atoms with Crippen molar-refractivity contribution in [3.8, 4) is 0 Å². The van der Waals surface area contributed by atoms with E-state index >= 15 is 0 Å². The van der Waals surface area contributed by atoms with Crippen LogP contribution >= 0.6 is 0 Å². The highest BCUT2D eigenvalue weighted by atomic mass is 16.2. The van der Waals surface area contributed by atoms with Gasteiger partial charge in [0.2, 0.25) is 0 Å². The SMILES string of the molecule is CCNc1cc2c(nn1)CCN(C(=O)c1cnn(C)c1C1CC1)C2. The fourth-order valence-corrected chi connectivity index (χ4v) is 3.39. The van der Waals surface area contributed by atoms with Crippen LogP contribution in [0.3, 0.4) is 0 Å². The number of carbonyl (C=O) groups is 1. The number of rotatable bonds is 4. The van der Waals surface area contributed by atoms with E-state index in [2.05, 4.69) is 20.6 Å². The van der Waals surface area contributed by atoms with E-state index in [0.29, 0.717) is 19.0 Å². The number of aryl methyl sites for hydroxylation is 1. The van der Waals surface area contributed by atoms with Crippen LogP contribution in [0.5, 0.6) is 0 Å². The Morgan fingerprint density at radius 2 is 2.21 bits per heavy atom. The lowest BCUT2D eigenvalue weighted by Crippen LogP contribution is -2.37. The quantitative estimate of drug-likeness (QED) is 0.926. The van der Waals surface area contributed by atoms with Gasteiger partial charge in [-0.25, -0.2) is 0 Å². The zero-order valence-electron chi connectivity index (χ0n) is 14.1. The Morgan fingerprint density at radius 1 is 1.38 bits per heavy atom. The highest BCUT2D eigenvalue weighted by Crippen LogP contribution is 2.41. The molecule has 2 aromatic heterocycles. The highest BCUT2D eigenvalue weighted by molar-refractivity contribution is 5.95. The van der Waals surface area contributed by atoms with Crippen molar-refractivity contribution in [1.29, 1.82) is 0 Å². The van der Waals surface area contributed by atoms with Crippen LogP contribution in [0, 0.1) is 0 Å². The van der Waals surface area contributed by atoms with E-state index in [4.69, 9.17) is 0 Å². The second-order valence-electron chi connectivity index (χ2n) is 6.55. The second-order valence-corrected chi connectivity index (χ2v) is 6.55. The summed E-state index contributed by atoms with van der Waals surface area (Å²) in [6.45, 7) is 4.09. The molecule has 0 unspecified atom stereocenters. The molecule has 0 aromatic carbocycles. The van der Waals surface area contributed by atoms with Gasteiger partial charge in [-0.15, -0.1) is 5.10 Å². The van der Waals surface area contributed by atoms with Gasteiger partial charge in [-0.1, -0.05) is 0 Å². The van der Waals surface area contributed by atoms with Crippen molar-refractivity contribution in [3.63, 3.8) is 0 Å². The van der Waals surface area contributed by atoms with E-state index in [1.807, 2.05) is 29.6 Å². The highest BCUT2D eigenvalue weighted by Gasteiger charge is 2.33. The van der Waals surface area contributed by atoms with Gasteiger partial charge in [0.1, 0.15) is 5.82 Å². The Morgan fingerprint density at radius 3 is 2.96 bits per heavy atom. The topological polar surface area (TPSA) is 75.9 Å². The summed E-state index contributed by atoms with van der Waals surface area (Å²) in [5.74, 6) is 1.35. The predicted octanol–water partition coefficient (Wildman–Crippen LogP) is 1.72. The van der Waals surface area contributed by atoms with Crippen LogP contribution in [0.15, 0.2) is 12.3 Å². The van der Waals surface area contributed by atoms with E-state index in [0.717, 1.165) is 54.1 Å². The normalized spacial score (nSPS) is 16.8. The van der Waals surface area contributed by atoms with E-state index < -0.39 is 0 Å². The molecular weight excluding hydrogens is 304 g/mol. The molecule has 2 aromatic rings. The van der Waals surface area contributed by atoms with E-state index in [1.165, 1.54) is 0 Å². The number of nitrogens with zero attached hydrogens (tertiary/aromatic N) is 5. The van der Waals surface area contributed by atoms with Gasteiger partial charge in [0.15, 0.2) is 0 Å². The molecule has 1 amide bonds. The summed E-state index contributed by atoms with van der Waals surface area (Å²) >= 11 is 0. The molecule has 1 aliphatic heterocycles. The summed E-state index contributed by atoms with van der Waals surface area (Å²) in [6, 6.07) is 2.01. The lowest BCUT2D eigenvalue weighted by Gasteiger charge is -2.28. The number of aromatic nitrogens is 4. The average molecular weight is 326 g/mol.